The van der Waals surface area contributed by atoms with Crippen LogP contribution in [0.5, 0.6) is 0 Å². The van der Waals surface area contributed by atoms with Crippen LogP contribution in [0.2, 0.25) is 0 Å². The Labute approximate surface area is 194 Å². The minimum Gasteiger partial charge on any atom is -0.469 e. The lowest BCUT2D eigenvalue weighted by Gasteiger charge is -2.12. The Bertz CT molecular complexity index is 617. The minimum atomic E-state index is 0. The van der Waals surface area contributed by atoms with E-state index in [9.17, 15) is 0 Å². The lowest BCUT2D eigenvalue weighted by atomic mass is 10.2. The average Bonchev–Trinajstić information content (AvgIpc) is 3.48. The fraction of sp³-hybridized carbons (Fsp3) is 0.571. The highest BCUT2D eigenvalue weighted by atomic mass is 127. The first-order valence-corrected chi connectivity index (χ1v) is 11.0. The largest absolute Gasteiger partial charge is 0.469 e. The molecule has 0 amide bonds. The van der Waals surface area contributed by atoms with Gasteiger partial charge in [-0.15, -0.1) is 35.3 Å². The topological polar surface area (TPSA) is 68.0 Å². The molecular weight excluding hydrogens is 501 g/mol. The molecule has 29 heavy (non-hydrogen) atoms. The van der Waals surface area contributed by atoms with E-state index >= 15 is 0 Å². The Balaban J connectivity index is 0.00000300. The standard InChI is InChI=1S/C21H31N3O3S.HI/c1-5-18(26-14-1)8-11-23-21(24-12-9-20-7-3-16-28-20)22-10-4-13-25-17-19-6-2-15-27-19;/h1,3,5,7,14,16,19H,2,4,6,8-13,15,17H2,(H2,22,23,24);1H. The highest BCUT2D eigenvalue weighted by molar-refractivity contribution is 14.0. The van der Waals surface area contributed by atoms with Gasteiger partial charge in [-0.3, -0.25) is 4.99 Å². The SMILES string of the molecule is I.c1coc(CCNC(=NCCCOCC2CCCO2)NCCc2cccs2)c1. The molecule has 1 atom stereocenters. The fourth-order valence-corrected chi connectivity index (χ4v) is 3.75. The predicted molar refractivity (Wildman–Crippen MR) is 129 cm³/mol. The number of hydrogen-bond acceptors (Lipinski definition) is 5. The lowest BCUT2D eigenvalue weighted by Crippen LogP contribution is -2.39. The summed E-state index contributed by atoms with van der Waals surface area (Å²) >= 11 is 1.79. The van der Waals surface area contributed by atoms with E-state index in [4.69, 9.17) is 13.9 Å². The van der Waals surface area contributed by atoms with Crippen molar-refractivity contribution in [3.63, 3.8) is 0 Å². The van der Waals surface area contributed by atoms with Crippen LogP contribution >= 0.6 is 35.3 Å². The molecule has 1 aliphatic heterocycles. The third-order valence-electron chi connectivity index (χ3n) is 4.53. The monoisotopic (exact) mass is 533 g/mol. The minimum absolute atomic E-state index is 0. The number of nitrogens with zero attached hydrogens (tertiary/aromatic N) is 1. The van der Waals surface area contributed by atoms with Crippen LogP contribution in [0.15, 0.2) is 45.3 Å². The van der Waals surface area contributed by atoms with E-state index in [-0.39, 0.29) is 24.0 Å². The second kappa shape index (κ2) is 14.8. The second-order valence-corrected chi connectivity index (χ2v) is 7.84. The molecule has 3 heterocycles. The van der Waals surface area contributed by atoms with Crippen molar-refractivity contribution in [3.05, 3.63) is 46.5 Å². The molecule has 2 aromatic rings. The summed E-state index contributed by atoms with van der Waals surface area (Å²) in [6.07, 6.45) is 7.02. The predicted octanol–water partition coefficient (Wildman–Crippen LogP) is 3.87. The van der Waals surface area contributed by atoms with Crippen molar-refractivity contribution in [2.24, 2.45) is 4.99 Å². The summed E-state index contributed by atoms with van der Waals surface area (Å²) in [5.41, 5.74) is 0. The summed E-state index contributed by atoms with van der Waals surface area (Å²) in [6.45, 7) is 4.69. The van der Waals surface area contributed by atoms with Crippen molar-refractivity contribution in [2.45, 2.75) is 38.2 Å². The van der Waals surface area contributed by atoms with Crippen molar-refractivity contribution in [1.82, 2.24) is 10.6 Å². The van der Waals surface area contributed by atoms with Gasteiger partial charge in [-0.25, -0.2) is 0 Å². The van der Waals surface area contributed by atoms with Gasteiger partial charge in [0.25, 0.3) is 0 Å². The summed E-state index contributed by atoms with van der Waals surface area (Å²) in [7, 11) is 0. The zero-order chi connectivity index (χ0) is 19.3. The van der Waals surface area contributed by atoms with Crippen LogP contribution in [0, 0.1) is 0 Å². The third kappa shape index (κ3) is 9.97. The van der Waals surface area contributed by atoms with Gasteiger partial charge in [0.1, 0.15) is 5.76 Å². The number of guanidine groups is 1. The van der Waals surface area contributed by atoms with Crippen molar-refractivity contribution in [2.75, 3.05) is 39.5 Å². The van der Waals surface area contributed by atoms with Crippen LogP contribution in [0.4, 0.5) is 0 Å². The van der Waals surface area contributed by atoms with E-state index in [0.29, 0.717) is 12.7 Å². The molecule has 0 saturated carbocycles. The maximum atomic E-state index is 5.71. The van der Waals surface area contributed by atoms with Gasteiger partial charge in [-0.2, -0.15) is 0 Å². The number of ether oxygens (including phenoxy) is 2. The first-order chi connectivity index (χ1) is 13.9. The fourth-order valence-electron chi connectivity index (χ4n) is 3.04. The molecule has 1 saturated heterocycles. The van der Waals surface area contributed by atoms with Crippen LogP contribution in [0.25, 0.3) is 0 Å². The highest BCUT2D eigenvalue weighted by Gasteiger charge is 2.14. The number of rotatable bonds is 12. The zero-order valence-electron chi connectivity index (χ0n) is 16.8. The molecule has 0 radical (unpaired) electrons. The second-order valence-electron chi connectivity index (χ2n) is 6.81. The molecule has 2 N–H and O–H groups in total. The van der Waals surface area contributed by atoms with Gasteiger partial charge in [0, 0.05) is 44.1 Å². The summed E-state index contributed by atoms with van der Waals surface area (Å²) in [5.74, 6) is 1.83. The Morgan fingerprint density at radius 3 is 2.83 bits per heavy atom. The van der Waals surface area contributed by atoms with Crippen LogP contribution < -0.4 is 10.6 Å². The van der Waals surface area contributed by atoms with E-state index < -0.39 is 0 Å². The van der Waals surface area contributed by atoms with E-state index in [2.05, 4.69) is 33.1 Å². The Morgan fingerprint density at radius 2 is 2.10 bits per heavy atom. The van der Waals surface area contributed by atoms with Crippen LogP contribution in [-0.4, -0.2) is 51.5 Å². The van der Waals surface area contributed by atoms with Crippen LogP contribution in [-0.2, 0) is 22.3 Å². The summed E-state index contributed by atoms with van der Waals surface area (Å²) in [4.78, 5) is 6.07. The molecule has 1 aliphatic rings. The smallest absolute Gasteiger partial charge is 0.191 e. The van der Waals surface area contributed by atoms with Gasteiger partial charge in [0.2, 0.25) is 0 Å². The normalized spacial score (nSPS) is 16.6. The van der Waals surface area contributed by atoms with E-state index in [1.54, 1.807) is 17.6 Å². The molecule has 0 spiro atoms. The quantitative estimate of drug-likeness (QED) is 0.188. The molecule has 0 aromatic carbocycles. The summed E-state index contributed by atoms with van der Waals surface area (Å²) < 4.78 is 16.7. The number of furan rings is 1. The van der Waals surface area contributed by atoms with Crippen molar-refractivity contribution in [3.8, 4) is 0 Å². The van der Waals surface area contributed by atoms with Crippen molar-refractivity contribution >= 4 is 41.3 Å². The summed E-state index contributed by atoms with van der Waals surface area (Å²) in [5, 5.41) is 8.94. The first kappa shape index (κ1) is 24.2. The van der Waals surface area contributed by atoms with E-state index in [1.165, 1.54) is 4.88 Å². The average molecular weight is 533 g/mol. The number of aliphatic imine (C=N–C) groups is 1. The molecule has 1 fully saturated rings. The Hall–Kier alpha value is -1.10. The van der Waals surface area contributed by atoms with Gasteiger partial charge in [0.05, 0.1) is 19.0 Å². The number of thiophene rings is 1. The molecule has 6 nitrogen and oxygen atoms in total. The molecule has 8 heteroatoms. The molecule has 1 unspecified atom stereocenters. The molecule has 0 bridgehead atoms. The van der Waals surface area contributed by atoms with E-state index in [1.807, 2.05) is 12.1 Å². The van der Waals surface area contributed by atoms with Gasteiger partial charge in [-0.05, 0) is 49.3 Å². The summed E-state index contributed by atoms with van der Waals surface area (Å²) in [6, 6.07) is 8.17. The Kier molecular flexibility index (Phi) is 12.3. The maximum Gasteiger partial charge on any atom is 0.191 e. The molecule has 2 aromatic heterocycles. The number of halogens is 1. The van der Waals surface area contributed by atoms with Crippen LogP contribution in [0.1, 0.15) is 29.9 Å². The number of hydrogen-bond donors (Lipinski definition) is 2. The highest BCUT2D eigenvalue weighted by Crippen LogP contribution is 2.12. The van der Waals surface area contributed by atoms with E-state index in [0.717, 1.165) is 76.7 Å². The van der Waals surface area contributed by atoms with Crippen molar-refractivity contribution < 1.29 is 13.9 Å². The number of nitrogens with one attached hydrogen (secondary N) is 2. The van der Waals surface area contributed by atoms with Gasteiger partial charge in [0.15, 0.2) is 5.96 Å². The molecule has 3 rings (SSSR count). The van der Waals surface area contributed by atoms with Gasteiger partial charge >= 0.3 is 0 Å². The first-order valence-electron chi connectivity index (χ1n) is 10.2. The molecule has 162 valence electrons. The van der Waals surface area contributed by atoms with Crippen molar-refractivity contribution in [1.29, 1.82) is 0 Å². The van der Waals surface area contributed by atoms with Crippen LogP contribution in [0.3, 0.4) is 0 Å². The van der Waals surface area contributed by atoms with Gasteiger partial charge < -0.3 is 24.5 Å². The lowest BCUT2D eigenvalue weighted by molar-refractivity contribution is 0.0171. The zero-order valence-corrected chi connectivity index (χ0v) is 20.0. The molecular formula is C21H32IN3O3S. The molecule has 0 aliphatic carbocycles. The Morgan fingerprint density at radius 1 is 1.21 bits per heavy atom. The van der Waals surface area contributed by atoms with Gasteiger partial charge in [-0.1, -0.05) is 6.07 Å². The maximum absolute atomic E-state index is 5.71. The third-order valence-corrected chi connectivity index (χ3v) is 5.47.